The molecule has 1 N–H and O–H groups in total. The van der Waals surface area contributed by atoms with Gasteiger partial charge in [-0.05, 0) is 56.2 Å². The van der Waals surface area contributed by atoms with Gasteiger partial charge in [0.15, 0.2) is 0 Å². The molecule has 0 saturated heterocycles. The van der Waals surface area contributed by atoms with Crippen molar-refractivity contribution < 1.29 is 5.11 Å². The maximum Gasteiger partial charge on any atom is 0.135 e. The van der Waals surface area contributed by atoms with Crippen LogP contribution in [0.15, 0.2) is 28.9 Å². The molecule has 5 heteroatoms. The summed E-state index contributed by atoms with van der Waals surface area (Å²) in [6, 6.07) is 9.12. The first-order valence-electron chi connectivity index (χ1n) is 4.79. The molecule has 0 radical (unpaired) electrons. The minimum absolute atomic E-state index is 0.233. The monoisotopic (exact) mass is 402 g/mol. The lowest BCUT2D eigenvalue weighted by Gasteiger charge is -2.01. The van der Waals surface area contributed by atoms with Gasteiger partial charge in [0, 0.05) is 12.6 Å². The molecule has 0 fully saturated rings. The van der Waals surface area contributed by atoms with E-state index in [1.165, 1.54) is 0 Å². The summed E-state index contributed by atoms with van der Waals surface area (Å²) >= 11 is 5.66. The maximum absolute atomic E-state index is 9.28. The van der Waals surface area contributed by atoms with E-state index in [0.29, 0.717) is 5.69 Å². The summed E-state index contributed by atoms with van der Waals surface area (Å²) in [4.78, 5) is 0. The Hall–Kier alpha value is -1.000. The number of benzene rings is 1. The summed E-state index contributed by atoms with van der Waals surface area (Å²) < 4.78 is 3.58. The highest BCUT2D eigenvalue weighted by Gasteiger charge is 2.18. The Kier molecular flexibility index (Phi) is 3.45. The Balaban J connectivity index is 2.69. The van der Waals surface area contributed by atoms with E-state index < -0.39 is 0 Å². The molecule has 0 saturated carbocycles. The van der Waals surface area contributed by atoms with Crippen molar-refractivity contribution in [2.45, 2.75) is 0 Å². The third-order valence-electron chi connectivity index (χ3n) is 2.53. The van der Waals surface area contributed by atoms with Crippen LogP contribution in [0.1, 0.15) is 5.69 Å². The Morgan fingerprint density at radius 3 is 2.41 bits per heavy atom. The van der Waals surface area contributed by atoms with Crippen molar-refractivity contribution in [3.63, 3.8) is 0 Å². The van der Waals surface area contributed by atoms with Crippen LogP contribution in [0.2, 0.25) is 0 Å². The predicted octanol–water partition coefficient (Wildman–Crippen LogP) is 3.64. The fraction of sp³-hybridized carbons (Fsp3) is 0.0833. The predicted molar refractivity (Wildman–Crippen MR) is 77.6 cm³/mol. The van der Waals surface area contributed by atoms with Crippen molar-refractivity contribution in [1.29, 1.82) is 5.26 Å². The van der Waals surface area contributed by atoms with Crippen LogP contribution in [-0.4, -0.2) is 9.67 Å². The maximum atomic E-state index is 9.28. The van der Waals surface area contributed by atoms with Gasteiger partial charge in [0.2, 0.25) is 0 Å². The zero-order chi connectivity index (χ0) is 12.6. The molecule has 0 aliphatic carbocycles. The van der Waals surface area contributed by atoms with Crippen molar-refractivity contribution in [1.82, 2.24) is 4.57 Å². The highest BCUT2D eigenvalue weighted by Crippen LogP contribution is 2.36. The van der Waals surface area contributed by atoms with Crippen LogP contribution >= 0.6 is 38.5 Å². The number of nitriles is 1. The fourth-order valence-corrected chi connectivity index (χ4v) is 3.64. The highest BCUT2D eigenvalue weighted by molar-refractivity contribution is 14.1. The van der Waals surface area contributed by atoms with Gasteiger partial charge in [0.1, 0.15) is 17.5 Å². The number of hydrogen-bond acceptors (Lipinski definition) is 2. The van der Waals surface area contributed by atoms with Crippen LogP contribution < -0.4 is 0 Å². The fourth-order valence-electron chi connectivity index (χ4n) is 1.62. The zero-order valence-corrected chi connectivity index (χ0v) is 12.7. The smallest absolute Gasteiger partial charge is 0.135 e. The van der Waals surface area contributed by atoms with Crippen LogP contribution in [0.25, 0.3) is 11.1 Å². The van der Waals surface area contributed by atoms with Gasteiger partial charge < -0.3 is 9.67 Å². The largest absolute Gasteiger partial charge is 0.508 e. The topological polar surface area (TPSA) is 49.0 Å². The number of aromatic nitrogens is 1. The first-order valence-corrected chi connectivity index (χ1v) is 6.66. The molecular weight excluding hydrogens is 395 g/mol. The van der Waals surface area contributed by atoms with E-state index in [-0.39, 0.29) is 5.75 Å². The second-order valence-corrected chi connectivity index (χ2v) is 5.38. The number of phenols is 1. The Labute approximate surface area is 121 Å². The number of aromatic hydroxyl groups is 1. The Morgan fingerprint density at radius 2 is 1.94 bits per heavy atom. The van der Waals surface area contributed by atoms with Crippen molar-refractivity contribution in [2.24, 2.45) is 7.05 Å². The van der Waals surface area contributed by atoms with Gasteiger partial charge in [-0.15, -0.1) is 0 Å². The molecule has 3 nitrogen and oxygen atoms in total. The summed E-state index contributed by atoms with van der Waals surface area (Å²) in [7, 11) is 1.84. The van der Waals surface area contributed by atoms with Gasteiger partial charge in [0.05, 0.1) is 8.17 Å². The third-order valence-corrected chi connectivity index (χ3v) is 4.50. The summed E-state index contributed by atoms with van der Waals surface area (Å²) in [5.74, 6) is 0.233. The number of phenolic OH excluding ortho intramolecular Hbond substituents is 1. The summed E-state index contributed by atoms with van der Waals surface area (Å²) in [5, 5.41) is 18.4. The van der Waals surface area contributed by atoms with Gasteiger partial charge in [-0.3, -0.25) is 0 Å². The molecule has 2 aromatic rings. The van der Waals surface area contributed by atoms with Gasteiger partial charge in [0.25, 0.3) is 0 Å². The zero-order valence-electron chi connectivity index (χ0n) is 8.91. The molecule has 1 heterocycles. The molecule has 0 amide bonds. The van der Waals surface area contributed by atoms with Crippen LogP contribution in [0.4, 0.5) is 0 Å². The van der Waals surface area contributed by atoms with Gasteiger partial charge in [-0.2, -0.15) is 5.26 Å². The van der Waals surface area contributed by atoms with Gasteiger partial charge in [-0.25, -0.2) is 0 Å². The molecule has 1 aromatic heterocycles. The molecule has 0 spiro atoms. The normalized spacial score (nSPS) is 10.2. The molecule has 1 aromatic carbocycles. The molecule has 0 aliphatic heterocycles. The van der Waals surface area contributed by atoms with Gasteiger partial charge >= 0.3 is 0 Å². The quantitative estimate of drug-likeness (QED) is 0.740. The number of hydrogen-bond donors (Lipinski definition) is 1. The van der Waals surface area contributed by atoms with Gasteiger partial charge in [-0.1, -0.05) is 12.1 Å². The van der Waals surface area contributed by atoms with Crippen LogP contribution in [0.3, 0.4) is 0 Å². The Morgan fingerprint density at radius 1 is 1.35 bits per heavy atom. The lowest BCUT2D eigenvalue weighted by Crippen LogP contribution is -1.91. The first kappa shape index (κ1) is 12.5. The minimum atomic E-state index is 0.233. The second-order valence-electron chi connectivity index (χ2n) is 3.55. The van der Waals surface area contributed by atoms with E-state index in [2.05, 4.69) is 44.6 Å². The molecule has 0 bridgehead atoms. The second kappa shape index (κ2) is 4.70. The van der Waals surface area contributed by atoms with E-state index in [1.54, 1.807) is 12.1 Å². The third kappa shape index (κ3) is 2.07. The first-order chi connectivity index (χ1) is 8.06. The molecule has 86 valence electrons. The van der Waals surface area contributed by atoms with E-state index in [9.17, 15) is 5.11 Å². The number of nitrogens with zero attached hydrogens (tertiary/aromatic N) is 2. The summed E-state index contributed by atoms with van der Waals surface area (Å²) in [5.41, 5.74) is 2.57. The van der Waals surface area contributed by atoms with Crippen molar-refractivity contribution in [3.8, 4) is 22.9 Å². The molecule has 0 aliphatic rings. The van der Waals surface area contributed by atoms with Crippen LogP contribution in [-0.2, 0) is 7.05 Å². The molecule has 0 atom stereocenters. The summed E-state index contributed by atoms with van der Waals surface area (Å²) in [6.45, 7) is 0. The van der Waals surface area contributed by atoms with Crippen molar-refractivity contribution >= 4 is 38.5 Å². The SMILES string of the molecule is Cn1c(Br)c(-c2ccc(O)cc2)c(I)c1C#N. The van der Waals surface area contributed by atoms with E-state index in [1.807, 2.05) is 23.7 Å². The number of halogens is 2. The average Bonchev–Trinajstić information content (AvgIpc) is 2.52. The standard InChI is InChI=1S/C12H8BrIN2O/c1-16-9(6-15)11(14)10(12(16)13)7-2-4-8(17)5-3-7/h2-5,17H,1H3. The van der Waals surface area contributed by atoms with Crippen molar-refractivity contribution in [2.75, 3.05) is 0 Å². The minimum Gasteiger partial charge on any atom is -0.508 e. The lowest BCUT2D eigenvalue weighted by atomic mass is 10.1. The molecule has 0 unspecified atom stereocenters. The van der Waals surface area contributed by atoms with E-state index in [0.717, 1.165) is 19.3 Å². The summed E-state index contributed by atoms with van der Waals surface area (Å²) in [6.07, 6.45) is 0. The van der Waals surface area contributed by atoms with E-state index >= 15 is 0 Å². The van der Waals surface area contributed by atoms with Crippen molar-refractivity contribution in [3.05, 3.63) is 38.1 Å². The average molecular weight is 403 g/mol. The van der Waals surface area contributed by atoms with E-state index in [4.69, 9.17) is 5.26 Å². The lowest BCUT2D eigenvalue weighted by molar-refractivity contribution is 0.475. The van der Waals surface area contributed by atoms with Crippen LogP contribution in [0, 0.1) is 14.9 Å². The number of rotatable bonds is 1. The molecule has 17 heavy (non-hydrogen) atoms. The highest BCUT2D eigenvalue weighted by atomic mass is 127. The molecule has 2 rings (SSSR count). The molecular formula is C12H8BrIN2O. The van der Waals surface area contributed by atoms with Crippen LogP contribution in [0.5, 0.6) is 5.75 Å². The Bertz CT molecular complexity index is 611.